The number of hydrogen-bond acceptors (Lipinski definition) is 3. The van der Waals surface area contributed by atoms with Crippen LogP contribution in [0.1, 0.15) is 44.6 Å². The van der Waals surface area contributed by atoms with E-state index in [1.165, 1.54) is 32.4 Å². The Labute approximate surface area is 111 Å². The second kappa shape index (κ2) is 6.95. The largest absolute Gasteiger partial charge is 0.463 e. The average molecular weight is 250 g/mol. The van der Waals surface area contributed by atoms with Crippen LogP contribution in [0.3, 0.4) is 0 Å². The summed E-state index contributed by atoms with van der Waals surface area (Å²) in [5.41, 5.74) is 0. The van der Waals surface area contributed by atoms with Crippen molar-refractivity contribution in [3.05, 3.63) is 23.7 Å². The van der Waals surface area contributed by atoms with Crippen LogP contribution in [0.15, 0.2) is 16.5 Å². The van der Waals surface area contributed by atoms with E-state index in [4.69, 9.17) is 4.42 Å². The summed E-state index contributed by atoms with van der Waals surface area (Å²) >= 11 is 0. The number of nitrogens with zero attached hydrogens (tertiary/aromatic N) is 1. The molecule has 1 aliphatic rings. The van der Waals surface area contributed by atoms with Gasteiger partial charge in [0.1, 0.15) is 11.5 Å². The first kappa shape index (κ1) is 13.6. The Morgan fingerprint density at radius 2 is 1.89 bits per heavy atom. The summed E-state index contributed by atoms with van der Waals surface area (Å²) in [5, 5.41) is 3.41. The molecule has 0 aromatic carbocycles. The molecule has 18 heavy (non-hydrogen) atoms. The zero-order valence-electron chi connectivity index (χ0n) is 11.7. The van der Waals surface area contributed by atoms with Gasteiger partial charge in [-0.3, -0.25) is 4.90 Å². The van der Waals surface area contributed by atoms with E-state index in [-0.39, 0.29) is 0 Å². The molecule has 0 unspecified atom stereocenters. The Hall–Kier alpha value is -0.800. The first-order valence-corrected chi connectivity index (χ1v) is 7.24. The van der Waals surface area contributed by atoms with Gasteiger partial charge < -0.3 is 9.73 Å². The maximum absolute atomic E-state index is 5.86. The molecule has 2 heterocycles. The Morgan fingerprint density at radius 3 is 2.61 bits per heavy atom. The van der Waals surface area contributed by atoms with Gasteiger partial charge in [-0.05, 0) is 50.5 Å². The van der Waals surface area contributed by atoms with Gasteiger partial charge in [0.25, 0.3) is 0 Å². The molecule has 102 valence electrons. The molecule has 1 aromatic rings. The summed E-state index contributed by atoms with van der Waals surface area (Å²) in [6, 6.07) is 4.23. The standard InChI is InChI=1S/C15H26N2O/c1-13(2)10-16-11-14-6-7-15(18-14)12-17-8-4-3-5-9-17/h6-7,13,16H,3-5,8-12H2,1-2H3. The van der Waals surface area contributed by atoms with E-state index in [9.17, 15) is 0 Å². The second-order valence-electron chi connectivity index (χ2n) is 5.73. The number of hydrogen-bond donors (Lipinski definition) is 1. The van der Waals surface area contributed by atoms with Crippen molar-refractivity contribution >= 4 is 0 Å². The van der Waals surface area contributed by atoms with E-state index < -0.39 is 0 Å². The highest BCUT2D eigenvalue weighted by Gasteiger charge is 2.12. The third-order valence-electron chi connectivity index (χ3n) is 3.40. The first-order chi connectivity index (χ1) is 8.74. The molecule has 1 aliphatic heterocycles. The van der Waals surface area contributed by atoms with Crippen molar-refractivity contribution in [3.8, 4) is 0 Å². The van der Waals surface area contributed by atoms with Crippen LogP contribution in [-0.2, 0) is 13.1 Å². The molecule has 0 bridgehead atoms. The number of furan rings is 1. The van der Waals surface area contributed by atoms with Crippen LogP contribution in [0.5, 0.6) is 0 Å². The van der Waals surface area contributed by atoms with E-state index in [2.05, 4.69) is 36.2 Å². The van der Waals surface area contributed by atoms with Crippen LogP contribution >= 0.6 is 0 Å². The van der Waals surface area contributed by atoms with Crippen molar-refractivity contribution in [1.82, 2.24) is 10.2 Å². The summed E-state index contributed by atoms with van der Waals surface area (Å²) in [5.74, 6) is 2.86. The van der Waals surface area contributed by atoms with Crippen LogP contribution in [0.25, 0.3) is 0 Å². The van der Waals surface area contributed by atoms with Crippen molar-refractivity contribution in [2.75, 3.05) is 19.6 Å². The van der Waals surface area contributed by atoms with Crippen LogP contribution in [0.4, 0.5) is 0 Å². The number of likely N-dealkylation sites (tertiary alicyclic amines) is 1. The van der Waals surface area contributed by atoms with Crippen molar-refractivity contribution < 1.29 is 4.42 Å². The van der Waals surface area contributed by atoms with E-state index in [0.717, 1.165) is 31.2 Å². The molecule has 3 heteroatoms. The number of piperidine rings is 1. The molecule has 0 amide bonds. The summed E-state index contributed by atoms with van der Waals surface area (Å²) in [7, 11) is 0. The summed E-state index contributed by atoms with van der Waals surface area (Å²) in [6.07, 6.45) is 4.06. The van der Waals surface area contributed by atoms with Gasteiger partial charge in [0.05, 0.1) is 13.1 Å². The number of rotatable bonds is 6. The van der Waals surface area contributed by atoms with Gasteiger partial charge in [-0.1, -0.05) is 20.3 Å². The minimum absolute atomic E-state index is 0.688. The fraction of sp³-hybridized carbons (Fsp3) is 0.733. The van der Waals surface area contributed by atoms with Crippen LogP contribution in [0, 0.1) is 5.92 Å². The van der Waals surface area contributed by atoms with E-state index in [1.807, 2.05) is 0 Å². The minimum Gasteiger partial charge on any atom is -0.463 e. The van der Waals surface area contributed by atoms with Gasteiger partial charge >= 0.3 is 0 Å². The van der Waals surface area contributed by atoms with Gasteiger partial charge in [0.2, 0.25) is 0 Å². The summed E-state index contributed by atoms with van der Waals surface area (Å²) < 4.78 is 5.86. The maximum atomic E-state index is 5.86. The van der Waals surface area contributed by atoms with Crippen molar-refractivity contribution in [2.45, 2.75) is 46.2 Å². The van der Waals surface area contributed by atoms with Crippen molar-refractivity contribution in [3.63, 3.8) is 0 Å². The van der Waals surface area contributed by atoms with Crippen molar-refractivity contribution in [1.29, 1.82) is 0 Å². The Kier molecular flexibility index (Phi) is 5.26. The Balaban J connectivity index is 1.74. The molecule has 3 nitrogen and oxygen atoms in total. The predicted molar refractivity (Wildman–Crippen MR) is 74.4 cm³/mol. The predicted octanol–water partition coefficient (Wildman–Crippen LogP) is 3.01. The Morgan fingerprint density at radius 1 is 1.17 bits per heavy atom. The highest BCUT2D eigenvalue weighted by atomic mass is 16.3. The molecule has 0 saturated carbocycles. The molecule has 2 rings (SSSR count). The zero-order valence-corrected chi connectivity index (χ0v) is 11.7. The molecule has 1 N–H and O–H groups in total. The zero-order chi connectivity index (χ0) is 12.8. The van der Waals surface area contributed by atoms with Gasteiger partial charge in [0, 0.05) is 0 Å². The van der Waals surface area contributed by atoms with Crippen LogP contribution in [0.2, 0.25) is 0 Å². The van der Waals surface area contributed by atoms with Gasteiger partial charge in [-0.25, -0.2) is 0 Å². The highest BCUT2D eigenvalue weighted by Crippen LogP contribution is 2.15. The van der Waals surface area contributed by atoms with E-state index in [1.54, 1.807) is 0 Å². The lowest BCUT2D eigenvalue weighted by Crippen LogP contribution is -2.28. The molecular weight excluding hydrogens is 224 g/mol. The fourth-order valence-corrected chi connectivity index (χ4v) is 2.42. The summed E-state index contributed by atoms with van der Waals surface area (Å²) in [4.78, 5) is 2.49. The molecule has 0 spiro atoms. The molecule has 0 radical (unpaired) electrons. The lowest BCUT2D eigenvalue weighted by Gasteiger charge is -2.25. The second-order valence-corrected chi connectivity index (χ2v) is 5.73. The third kappa shape index (κ3) is 4.46. The normalized spacial score (nSPS) is 17.5. The molecule has 1 saturated heterocycles. The van der Waals surface area contributed by atoms with Crippen molar-refractivity contribution in [2.24, 2.45) is 5.92 Å². The SMILES string of the molecule is CC(C)CNCc1ccc(CN2CCCCC2)o1. The van der Waals surface area contributed by atoms with Gasteiger partial charge in [-0.15, -0.1) is 0 Å². The van der Waals surface area contributed by atoms with Crippen LogP contribution in [-0.4, -0.2) is 24.5 Å². The third-order valence-corrected chi connectivity index (χ3v) is 3.40. The molecular formula is C15H26N2O. The topological polar surface area (TPSA) is 28.4 Å². The van der Waals surface area contributed by atoms with E-state index >= 15 is 0 Å². The first-order valence-electron chi connectivity index (χ1n) is 7.24. The molecule has 1 fully saturated rings. The minimum atomic E-state index is 0.688. The van der Waals surface area contributed by atoms with E-state index in [0.29, 0.717) is 5.92 Å². The monoisotopic (exact) mass is 250 g/mol. The van der Waals surface area contributed by atoms with Gasteiger partial charge in [-0.2, -0.15) is 0 Å². The summed E-state index contributed by atoms with van der Waals surface area (Å²) in [6.45, 7) is 9.75. The highest BCUT2D eigenvalue weighted by molar-refractivity contribution is 5.07. The lowest BCUT2D eigenvalue weighted by atomic mass is 10.1. The van der Waals surface area contributed by atoms with Crippen LogP contribution < -0.4 is 5.32 Å². The fourth-order valence-electron chi connectivity index (χ4n) is 2.42. The Bertz CT molecular complexity index is 340. The molecule has 1 aromatic heterocycles. The smallest absolute Gasteiger partial charge is 0.118 e. The molecule has 0 aliphatic carbocycles. The maximum Gasteiger partial charge on any atom is 0.118 e. The number of nitrogens with one attached hydrogen (secondary N) is 1. The average Bonchev–Trinajstić information content (AvgIpc) is 2.78. The quantitative estimate of drug-likeness (QED) is 0.841. The van der Waals surface area contributed by atoms with Gasteiger partial charge in [0.15, 0.2) is 0 Å². The molecule has 0 atom stereocenters. The lowest BCUT2D eigenvalue weighted by molar-refractivity contribution is 0.203.